The van der Waals surface area contributed by atoms with Crippen molar-refractivity contribution in [3.8, 4) is 0 Å². The van der Waals surface area contributed by atoms with Crippen molar-refractivity contribution in [2.75, 3.05) is 18.4 Å². The molecule has 1 atom stereocenters. The molecule has 0 unspecified atom stereocenters. The molecule has 24 heavy (non-hydrogen) atoms. The molecule has 4 heteroatoms. The largest absolute Gasteiger partial charge is 0.342 e. The van der Waals surface area contributed by atoms with Gasteiger partial charge in [-0.1, -0.05) is 48.0 Å². The summed E-state index contributed by atoms with van der Waals surface area (Å²) in [6.07, 6.45) is 1.12. The number of amides is 2. The molecule has 0 bridgehead atoms. The van der Waals surface area contributed by atoms with Crippen LogP contribution in [0.4, 0.5) is 5.69 Å². The van der Waals surface area contributed by atoms with E-state index in [9.17, 15) is 9.59 Å². The summed E-state index contributed by atoms with van der Waals surface area (Å²) in [5, 5.41) is 2.91. The second-order valence-corrected chi connectivity index (χ2v) is 6.33. The van der Waals surface area contributed by atoms with Gasteiger partial charge in [-0.2, -0.15) is 0 Å². The van der Waals surface area contributed by atoms with Crippen LogP contribution in [0.15, 0.2) is 54.6 Å². The summed E-state index contributed by atoms with van der Waals surface area (Å²) >= 11 is 0. The summed E-state index contributed by atoms with van der Waals surface area (Å²) in [7, 11) is 0. The molecule has 3 rings (SSSR count). The third-order valence-electron chi connectivity index (χ3n) is 4.42. The molecule has 0 aliphatic carbocycles. The summed E-state index contributed by atoms with van der Waals surface area (Å²) < 4.78 is 0. The lowest BCUT2D eigenvalue weighted by Gasteiger charge is -2.16. The van der Waals surface area contributed by atoms with Gasteiger partial charge in [0, 0.05) is 25.2 Å². The Bertz CT molecular complexity index is 710. The lowest BCUT2D eigenvalue weighted by Crippen LogP contribution is -2.30. The first kappa shape index (κ1) is 16.2. The van der Waals surface area contributed by atoms with Crippen LogP contribution in [0.1, 0.15) is 17.5 Å². The minimum Gasteiger partial charge on any atom is -0.342 e. The van der Waals surface area contributed by atoms with E-state index in [0.29, 0.717) is 19.5 Å². The van der Waals surface area contributed by atoms with Gasteiger partial charge in [0.1, 0.15) is 0 Å². The Hall–Kier alpha value is -2.62. The monoisotopic (exact) mass is 322 g/mol. The van der Waals surface area contributed by atoms with Gasteiger partial charge >= 0.3 is 0 Å². The number of rotatable bonds is 5. The lowest BCUT2D eigenvalue weighted by molar-refractivity contribution is -0.128. The second-order valence-electron chi connectivity index (χ2n) is 6.33. The summed E-state index contributed by atoms with van der Waals surface area (Å²) in [5.74, 6) is -0.279. The van der Waals surface area contributed by atoms with Crippen molar-refractivity contribution >= 4 is 17.5 Å². The predicted octanol–water partition coefficient (Wildman–Crippen LogP) is 3.02. The molecule has 124 valence electrons. The van der Waals surface area contributed by atoms with Crippen molar-refractivity contribution < 1.29 is 9.59 Å². The van der Waals surface area contributed by atoms with Crippen LogP contribution in [-0.2, 0) is 16.0 Å². The summed E-state index contributed by atoms with van der Waals surface area (Å²) in [5.41, 5.74) is 3.13. The molecule has 0 saturated carbocycles. The molecule has 0 spiro atoms. The van der Waals surface area contributed by atoms with Crippen molar-refractivity contribution in [3.05, 3.63) is 65.7 Å². The molecule has 2 aromatic rings. The SMILES string of the molecule is Cc1ccc(NC(=O)[C@H]2CC(=O)N(CCc3ccccc3)C2)cc1. The van der Waals surface area contributed by atoms with Crippen molar-refractivity contribution in [2.24, 2.45) is 5.92 Å². The molecule has 0 radical (unpaired) electrons. The lowest BCUT2D eigenvalue weighted by atomic mass is 10.1. The van der Waals surface area contributed by atoms with Crippen molar-refractivity contribution in [1.29, 1.82) is 0 Å². The van der Waals surface area contributed by atoms with Crippen molar-refractivity contribution in [1.82, 2.24) is 4.90 Å². The second kappa shape index (κ2) is 7.30. The summed E-state index contributed by atoms with van der Waals surface area (Å²) in [6.45, 7) is 3.17. The van der Waals surface area contributed by atoms with E-state index in [0.717, 1.165) is 17.7 Å². The van der Waals surface area contributed by atoms with Gasteiger partial charge in [0.15, 0.2) is 0 Å². The van der Waals surface area contributed by atoms with Gasteiger partial charge in [-0.15, -0.1) is 0 Å². The van der Waals surface area contributed by atoms with Crippen LogP contribution < -0.4 is 5.32 Å². The van der Waals surface area contributed by atoms with E-state index in [1.165, 1.54) is 5.56 Å². The maximum absolute atomic E-state index is 12.4. The molecule has 1 saturated heterocycles. The number of benzene rings is 2. The topological polar surface area (TPSA) is 49.4 Å². The maximum Gasteiger partial charge on any atom is 0.229 e. The van der Waals surface area contributed by atoms with E-state index in [-0.39, 0.29) is 17.7 Å². The minimum absolute atomic E-state index is 0.0648. The van der Waals surface area contributed by atoms with Gasteiger partial charge in [0.25, 0.3) is 0 Å². The third-order valence-corrected chi connectivity index (χ3v) is 4.42. The molecular formula is C20H22N2O2. The van der Waals surface area contributed by atoms with Crippen LogP contribution in [-0.4, -0.2) is 29.8 Å². The molecule has 2 amide bonds. The number of aryl methyl sites for hydroxylation is 1. The number of nitrogens with zero attached hydrogens (tertiary/aromatic N) is 1. The van der Waals surface area contributed by atoms with Gasteiger partial charge in [-0.05, 0) is 31.0 Å². The average molecular weight is 322 g/mol. The minimum atomic E-state index is -0.269. The molecule has 2 aromatic carbocycles. The van der Waals surface area contributed by atoms with Gasteiger partial charge in [0.2, 0.25) is 11.8 Å². The van der Waals surface area contributed by atoms with Crippen LogP contribution in [0.25, 0.3) is 0 Å². The fraction of sp³-hybridized carbons (Fsp3) is 0.300. The highest BCUT2D eigenvalue weighted by Crippen LogP contribution is 2.20. The quantitative estimate of drug-likeness (QED) is 0.920. The van der Waals surface area contributed by atoms with Crippen LogP contribution >= 0.6 is 0 Å². The Morgan fingerprint density at radius 2 is 1.83 bits per heavy atom. The van der Waals surface area contributed by atoms with E-state index in [2.05, 4.69) is 17.4 Å². The van der Waals surface area contributed by atoms with Crippen LogP contribution in [0.5, 0.6) is 0 Å². The molecular weight excluding hydrogens is 300 g/mol. The fourth-order valence-electron chi connectivity index (χ4n) is 2.95. The number of carbonyl (C=O) groups excluding carboxylic acids is 2. The number of likely N-dealkylation sites (tertiary alicyclic amines) is 1. The van der Waals surface area contributed by atoms with E-state index in [4.69, 9.17) is 0 Å². The van der Waals surface area contributed by atoms with Gasteiger partial charge in [-0.3, -0.25) is 9.59 Å². The molecule has 1 aliphatic heterocycles. The summed E-state index contributed by atoms with van der Waals surface area (Å²) in [4.78, 5) is 26.3. The van der Waals surface area contributed by atoms with Gasteiger partial charge in [0.05, 0.1) is 5.92 Å². The fourth-order valence-corrected chi connectivity index (χ4v) is 2.95. The van der Waals surface area contributed by atoms with E-state index >= 15 is 0 Å². The Morgan fingerprint density at radius 3 is 2.54 bits per heavy atom. The smallest absolute Gasteiger partial charge is 0.229 e. The first-order valence-corrected chi connectivity index (χ1v) is 8.31. The van der Waals surface area contributed by atoms with Gasteiger partial charge < -0.3 is 10.2 Å². The van der Waals surface area contributed by atoms with Crippen LogP contribution in [0.2, 0.25) is 0 Å². The zero-order valence-corrected chi connectivity index (χ0v) is 13.9. The number of carbonyl (C=O) groups is 2. The standard InChI is InChI=1S/C20H22N2O2/c1-15-7-9-18(10-8-15)21-20(24)17-13-19(23)22(14-17)12-11-16-5-3-2-4-6-16/h2-10,17H,11-14H2,1H3,(H,21,24)/t17-/m0/s1. The van der Waals surface area contributed by atoms with Gasteiger partial charge in [-0.25, -0.2) is 0 Å². The zero-order chi connectivity index (χ0) is 16.9. The Balaban J connectivity index is 1.53. The summed E-state index contributed by atoms with van der Waals surface area (Å²) in [6, 6.07) is 17.8. The van der Waals surface area contributed by atoms with E-state index in [1.807, 2.05) is 49.4 Å². The van der Waals surface area contributed by atoms with E-state index < -0.39 is 0 Å². The van der Waals surface area contributed by atoms with Crippen molar-refractivity contribution in [3.63, 3.8) is 0 Å². The molecule has 1 fully saturated rings. The highest BCUT2D eigenvalue weighted by atomic mass is 16.2. The van der Waals surface area contributed by atoms with E-state index in [1.54, 1.807) is 4.90 Å². The molecule has 4 nitrogen and oxygen atoms in total. The number of hydrogen-bond donors (Lipinski definition) is 1. The van der Waals surface area contributed by atoms with Crippen LogP contribution in [0.3, 0.4) is 0 Å². The predicted molar refractivity (Wildman–Crippen MR) is 94.6 cm³/mol. The van der Waals surface area contributed by atoms with Crippen molar-refractivity contribution in [2.45, 2.75) is 19.8 Å². The molecule has 1 N–H and O–H groups in total. The molecule has 1 aliphatic rings. The molecule has 0 aromatic heterocycles. The zero-order valence-electron chi connectivity index (χ0n) is 13.9. The highest BCUT2D eigenvalue weighted by Gasteiger charge is 2.33. The first-order chi connectivity index (χ1) is 11.6. The Kier molecular flexibility index (Phi) is 4.94. The van der Waals surface area contributed by atoms with Crippen LogP contribution in [0, 0.1) is 12.8 Å². The number of hydrogen-bond acceptors (Lipinski definition) is 2. The number of nitrogens with one attached hydrogen (secondary N) is 1. The molecule has 1 heterocycles. The Labute approximate surface area is 142 Å². The first-order valence-electron chi connectivity index (χ1n) is 8.31. The number of anilines is 1. The maximum atomic E-state index is 12.4. The Morgan fingerprint density at radius 1 is 1.12 bits per heavy atom. The average Bonchev–Trinajstić information content (AvgIpc) is 2.97. The third kappa shape index (κ3) is 4.02. The highest BCUT2D eigenvalue weighted by molar-refractivity contribution is 5.97. The normalized spacial score (nSPS) is 17.1.